The van der Waals surface area contributed by atoms with E-state index in [0.29, 0.717) is 11.8 Å². The molecule has 3 heteroatoms. The largest absolute Gasteiger partial charge is 0.355 e. The minimum absolute atomic E-state index is 0.638. The summed E-state index contributed by atoms with van der Waals surface area (Å²) in [6.45, 7) is 6.45. The summed E-state index contributed by atoms with van der Waals surface area (Å²) in [7, 11) is 0. The van der Waals surface area contributed by atoms with Crippen molar-refractivity contribution in [1.82, 2.24) is 9.55 Å². The van der Waals surface area contributed by atoms with Crippen LogP contribution in [0, 0.1) is 5.92 Å². The van der Waals surface area contributed by atoms with Crippen LogP contribution < -0.4 is 5.32 Å². The van der Waals surface area contributed by atoms with E-state index in [2.05, 4.69) is 59.2 Å². The third-order valence-electron chi connectivity index (χ3n) is 3.75. The predicted molar refractivity (Wildman–Crippen MR) is 78.4 cm³/mol. The van der Waals surface area contributed by atoms with Gasteiger partial charge in [0.1, 0.15) is 0 Å². The molecule has 1 aliphatic carbocycles. The predicted octanol–water partition coefficient (Wildman–Crippen LogP) is 3.29. The first-order chi connectivity index (χ1) is 9.24. The SMILES string of the molecule is CC(C)Cn1ccnc1NCC1Cc2ccccc21. The maximum atomic E-state index is 4.41. The van der Waals surface area contributed by atoms with E-state index in [1.807, 2.05) is 6.20 Å². The second kappa shape index (κ2) is 5.08. The Morgan fingerprint density at radius 1 is 1.37 bits per heavy atom. The third kappa shape index (κ3) is 2.50. The first kappa shape index (κ1) is 12.3. The zero-order valence-corrected chi connectivity index (χ0v) is 11.6. The zero-order chi connectivity index (χ0) is 13.2. The van der Waals surface area contributed by atoms with Gasteiger partial charge in [-0.2, -0.15) is 0 Å². The summed E-state index contributed by atoms with van der Waals surface area (Å²) < 4.78 is 2.20. The molecular weight excluding hydrogens is 234 g/mol. The molecule has 0 amide bonds. The van der Waals surface area contributed by atoms with Gasteiger partial charge in [-0.3, -0.25) is 0 Å². The van der Waals surface area contributed by atoms with Crippen LogP contribution in [0.25, 0.3) is 0 Å². The number of anilines is 1. The van der Waals surface area contributed by atoms with Crippen molar-refractivity contribution in [1.29, 1.82) is 0 Å². The van der Waals surface area contributed by atoms with E-state index in [1.54, 1.807) is 0 Å². The van der Waals surface area contributed by atoms with Gasteiger partial charge < -0.3 is 9.88 Å². The molecule has 19 heavy (non-hydrogen) atoms. The van der Waals surface area contributed by atoms with Gasteiger partial charge in [-0.05, 0) is 23.5 Å². The van der Waals surface area contributed by atoms with E-state index in [1.165, 1.54) is 17.5 Å². The van der Waals surface area contributed by atoms with Crippen molar-refractivity contribution < 1.29 is 0 Å². The summed E-state index contributed by atoms with van der Waals surface area (Å²) in [5, 5.41) is 3.49. The number of benzene rings is 1. The van der Waals surface area contributed by atoms with Crippen LogP contribution in [0.15, 0.2) is 36.7 Å². The first-order valence-electron chi connectivity index (χ1n) is 7.07. The lowest BCUT2D eigenvalue weighted by atomic mass is 9.78. The Hall–Kier alpha value is -1.77. The van der Waals surface area contributed by atoms with Gasteiger partial charge in [-0.1, -0.05) is 38.1 Å². The molecule has 0 bridgehead atoms. The Morgan fingerprint density at radius 3 is 3.00 bits per heavy atom. The highest BCUT2D eigenvalue weighted by molar-refractivity contribution is 5.41. The van der Waals surface area contributed by atoms with Crippen LogP contribution in [-0.2, 0) is 13.0 Å². The van der Waals surface area contributed by atoms with Crippen LogP contribution in [0.1, 0.15) is 30.9 Å². The molecule has 0 radical (unpaired) electrons. The quantitative estimate of drug-likeness (QED) is 0.888. The Morgan fingerprint density at radius 2 is 2.21 bits per heavy atom. The van der Waals surface area contributed by atoms with Crippen molar-refractivity contribution in [2.45, 2.75) is 32.7 Å². The Kier molecular flexibility index (Phi) is 3.28. The summed E-state index contributed by atoms with van der Waals surface area (Å²) in [6, 6.07) is 8.72. The molecule has 0 fully saturated rings. The maximum absolute atomic E-state index is 4.41. The van der Waals surface area contributed by atoms with Gasteiger partial charge in [0.2, 0.25) is 5.95 Å². The molecule has 2 aromatic rings. The van der Waals surface area contributed by atoms with Crippen LogP contribution in [0.4, 0.5) is 5.95 Å². The molecule has 0 spiro atoms. The number of nitrogens with zero attached hydrogens (tertiary/aromatic N) is 2. The van der Waals surface area contributed by atoms with Gasteiger partial charge in [-0.15, -0.1) is 0 Å². The highest BCUT2D eigenvalue weighted by atomic mass is 15.2. The third-order valence-corrected chi connectivity index (χ3v) is 3.75. The van der Waals surface area contributed by atoms with Crippen LogP contribution >= 0.6 is 0 Å². The minimum Gasteiger partial charge on any atom is -0.355 e. The van der Waals surface area contributed by atoms with Crippen LogP contribution in [-0.4, -0.2) is 16.1 Å². The summed E-state index contributed by atoms with van der Waals surface area (Å²) in [4.78, 5) is 4.41. The fourth-order valence-electron chi connectivity index (χ4n) is 2.78. The summed E-state index contributed by atoms with van der Waals surface area (Å²) in [6.07, 6.45) is 5.12. The average Bonchev–Trinajstić information content (AvgIpc) is 2.77. The second-order valence-electron chi connectivity index (χ2n) is 5.78. The molecule has 1 atom stereocenters. The van der Waals surface area contributed by atoms with Crippen molar-refractivity contribution >= 4 is 5.95 Å². The van der Waals surface area contributed by atoms with Crippen LogP contribution in [0.5, 0.6) is 0 Å². The molecule has 0 aliphatic heterocycles. The van der Waals surface area contributed by atoms with Crippen molar-refractivity contribution in [3.05, 3.63) is 47.8 Å². The fraction of sp³-hybridized carbons (Fsp3) is 0.438. The number of nitrogens with one attached hydrogen (secondary N) is 1. The molecule has 1 aliphatic rings. The van der Waals surface area contributed by atoms with Crippen molar-refractivity contribution in [2.75, 3.05) is 11.9 Å². The second-order valence-corrected chi connectivity index (χ2v) is 5.78. The molecule has 100 valence electrons. The Labute approximate surface area is 114 Å². The van der Waals surface area contributed by atoms with Crippen LogP contribution in [0.2, 0.25) is 0 Å². The van der Waals surface area contributed by atoms with Crippen molar-refractivity contribution in [2.24, 2.45) is 5.92 Å². The Balaban J connectivity index is 1.61. The Bertz CT molecular complexity index is 557. The highest BCUT2D eigenvalue weighted by Gasteiger charge is 2.25. The number of hydrogen-bond acceptors (Lipinski definition) is 2. The van der Waals surface area contributed by atoms with Crippen molar-refractivity contribution in [3.63, 3.8) is 0 Å². The molecular formula is C16H21N3. The molecule has 3 rings (SSSR count). The lowest BCUT2D eigenvalue weighted by Gasteiger charge is -2.30. The first-order valence-corrected chi connectivity index (χ1v) is 7.07. The van der Waals surface area contributed by atoms with Gasteiger partial charge in [-0.25, -0.2) is 4.98 Å². The monoisotopic (exact) mass is 255 g/mol. The number of aromatic nitrogens is 2. The highest BCUT2D eigenvalue weighted by Crippen LogP contribution is 2.34. The van der Waals surface area contributed by atoms with Crippen molar-refractivity contribution in [3.8, 4) is 0 Å². The molecule has 3 nitrogen and oxygen atoms in total. The average molecular weight is 255 g/mol. The van der Waals surface area contributed by atoms with Gasteiger partial charge in [0.25, 0.3) is 0 Å². The number of imidazole rings is 1. The van der Waals surface area contributed by atoms with Gasteiger partial charge in [0.05, 0.1) is 0 Å². The summed E-state index contributed by atoms with van der Waals surface area (Å²) in [5.41, 5.74) is 3.00. The van der Waals surface area contributed by atoms with E-state index in [-0.39, 0.29) is 0 Å². The molecule has 1 unspecified atom stereocenters. The number of hydrogen-bond donors (Lipinski definition) is 1. The molecule has 1 aromatic carbocycles. The summed E-state index contributed by atoms with van der Waals surface area (Å²) >= 11 is 0. The van der Waals surface area contributed by atoms with Gasteiger partial charge in [0.15, 0.2) is 0 Å². The van der Waals surface area contributed by atoms with E-state index in [9.17, 15) is 0 Å². The lowest BCUT2D eigenvalue weighted by molar-refractivity contribution is 0.524. The summed E-state index contributed by atoms with van der Waals surface area (Å²) in [5.74, 6) is 2.28. The topological polar surface area (TPSA) is 29.9 Å². The van der Waals surface area contributed by atoms with E-state index in [0.717, 1.165) is 19.0 Å². The van der Waals surface area contributed by atoms with E-state index < -0.39 is 0 Å². The van der Waals surface area contributed by atoms with Crippen LogP contribution in [0.3, 0.4) is 0 Å². The fourth-order valence-corrected chi connectivity index (χ4v) is 2.78. The van der Waals surface area contributed by atoms with E-state index in [4.69, 9.17) is 0 Å². The maximum Gasteiger partial charge on any atom is 0.202 e. The van der Waals surface area contributed by atoms with E-state index >= 15 is 0 Å². The minimum atomic E-state index is 0.638. The lowest BCUT2D eigenvalue weighted by Crippen LogP contribution is -2.25. The normalized spacial score (nSPS) is 17.1. The molecule has 1 N–H and O–H groups in total. The zero-order valence-electron chi connectivity index (χ0n) is 11.6. The molecule has 1 aromatic heterocycles. The molecule has 0 saturated carbocycles. The molecule has 1 heterocycles. The molecule has 0 saturated heterocycles. The number of rotatable bonds is 5. The number of fused-ring (bicyclic) bond motifs is 1. The van der Waals surface area contributed by atoms with Gasteiger partial charge in [0, 0.05) is 31.4 Å². The smallest absolute Gasteiger partial charge is 0.202 e. The van der Waals surface area contributed by atoms with Gasteiger partial charge >= 0.3 is 0 Å². The standard InChI is InChI=1S/C16H21N3/c1-12(2)11-19-8-7-17-16(19)18-10-14-9-13-5-3-4-6-15(13)14/h3-8,12,14H,9-11H2,1-2H3,(H,17,18).